The molecule has 196 valence electrons. The van der Waals surface area contributed by atoms with E-state index in [1.165, 1.54) is 0 Å². The number of hydrogen-bond acceptors (Lipinski definition) is 6. The van der Waals surface area contributed by atoms with Crippen LogP contribution in [0.1, 0.15) is 22.8 Å². The lowest BCUT2D eigenvalue weighted by molar-refractivity contribution is 0.0525. The van der Waals surface area contributed by atoms with Crippen LogP contribution in [0, 0.1) is 10.5 Å². The molecule has 1 aromatic carbocycles. The van der Waals surface area contributed by atoms with Crippen molar-refractivity contribution >= 4 is 47.7 Å². The van der Waals surface area contributed by atoms with Crippen molar-refractivity contribution in [2.24, 2.45) is 7.05 Å². The van der Waals surface area contributed by atoms with E-state index in [1.807, 2.05) is 38.5 Å². The van der Waals surface area contributed by atoms with Gasteiger partial charge in [-0.2, -0.15) is 5.10 Å². The van der Waals surface area contributed by atoms with Crippen LogP contribution in [0.4, 0.5) is 0 Å². The number of nitrogens with zero attached hydrogens (tertiary/aromatic N) is 4. The summed E-state index contributed by atoms with van der Waals surface area (Å²) in [5, 5.41) is 5.27. The van der Waals surface area contributed by atoms with Crippen LogP contribution in [0.25, 0.3) is 22.3 Å². The van der Waals surface area contributed by atoms with Crippen molar-refractivity contribution in [3.05, 3.63) is 57.6 Å². The molecule has 10 heteroatoms. The molecule has 0 fully saturated rings. The van der Waals surface area contributed by atoms with Crippen LogP contribution in [0.2, 0.25) is 25.7 Å². The predicted octanol–water partition coefficient (Wildman–Crippen LogP) is 6.63. The Morgan fingerprint density at radius 1 is 1.16 bits per heavy atom. The Labute approximate surface area is 232 Å². The van der Waals surface area contributed by atoms with Crippen LogP contribution >= 0.6 is 22.6 Å². The van der Waals surface area contributed by atoms with E-state index in [1.54, 1.807) is 29.9 Å². The number of hydrogen-bond donors (Lipinski definition) is 0. The molecule has 37 heavy (non-hydrogen) atoms. The lowest BCUT2D eigenvalue weighted by Gasteiger charge is -2.16. The molecule has 0 aliphatic heterocycles. The first-order chi connectivity index (χ1) is 17.6. The van der Waals surface area contributed by atoms with Crippen molar-refractivity contribution in [1.29, 1.82) is 0 Å². The standard InChI is InChI=1S/C27H33IN4O4Si/c1-7-35-27(33)20-9-8-10-21(18(20)2)36-22-11-12-29-26-23(22)24(28)25(19-15-30-31(3)16-19)32(26)17-34-13-14-37(4,5)6/h8-12,15-16H,7,13-14,17H2,1-6H3. The summed E-state index contributed by atoms with van der Waals surface area (Å²) < 4.78 is 22.7. The predicted molar refractivity (Wildman–Crippen MR) is 156 cm³/mol. The summed E-state index contributed by atoms with van der Waals surface area (Å²) in [6.07, 6.45) is 5.58. The Morgan fingerprint density at radius 2 is 1.95 bits per heavy atom. The number of aromatic nitrogens is 4. The highest BCUT2D eigenvalue weighted by molar-refractivity contribution is 14.1. The normalized spacial score (nSPS) is 11.8. The molecule has 0 bridgehead atoms. The number of aryl methyl sites for hydroxylation is 1. The fourth-order valence-corrected chi connectivity index (χ4v) is 5.90. The molecule has 0 saturated carbocycles. The average molecular weight is 633 g/mol. The van der Waals surface area contributed by atoms with E-state index in [0.717, 1.165) is 37.5 Å². The summed E-state index contributed by atoms with van der Waals surface area (Å²) in [6, 6.07) is 8.35. The highest BCUT2D eigenvalue weighted by Crippen LogP contribution is 2.40. The minimum absolute atomic E-state index is 0.317. The smallest absolute Gasteiger partial charge is 0.338 e. The van der Waals surface area contributed by atoms with Crippen LogP contribution < -0.4 is 4.74 Å². The molecule has 4 rings (SSSR count). The van der Waals surface area contributed by atoms with Gasteiger partial charge in [0, 0.05) is 45.2 Å². The van der Waals surface area contributed by atoms with E-state index in [9.17, 15) is 4.79 Å². The molecule has 8 nitrogen and oxygen atoms in total. The fourth-order valence-electron chi connectivity index (χ4n) is 4.03. The van der Waals surface area contributed by atoms with Gasteiger partial charge in [-0.1, -0.05) is 25.7 Å². The Hall–Kier alpha value is -2.70. The van der Waals surface area contributed by atoms with E-state index >= 15 is 0 Å². The molecule has 0 N–H and O–H groups in total. The molecule has 0 amide bonds. The molecule has 0 aliphatic rings. The second-order valence-corrected chi connectivity index (χ2v) is 16.8. The Bertz CT molecular complexity index is 1420. The molecule has 0 aliphatic carbocycles. The lowest BCUT2D eigenvalue weighted by atomic mass is 10.1. The van der Waals surface area contributed by atoms with E-state index < -0.39 is 8.07 Å². The van der Waals surface area contributed by atoms with Gasteiger partial charge in [0.2, 0.25) is 0 Å². The van der Waals surface area contributed by atoms with Gasteiger partial charge < -0.3 is 18.8 Å². The van der Waals surface area contributed by atoms with Crippen molar-refractivity contribution in [3.63, 3.8) is 0 Å². The number of fused-ring (bicyclic) bond motifs is 1. The average Bonchev–Trinajstić information content (AvgIpc) is 3.38. The zero-order valence-corrected chi connectivity index (χ0v) is 25.3. The third-order valence-electron chi connectivity index (χ3n) is 6.04. The number of ether oxygens (including phenoxy) is 3. The summed E-state index contributed by atoms with van der Waals surface area (Å²) in [5.41, 5.74) is 3.95. The molecule has 0 spiro atoms. The highest BCUT2D eigenvalue weighted by atomic mass is 127. The van der Waals surface area contributed by atoms with E-state index in [0.29, 0.717) is 37.0 Å². The summed E-state index contributed by atoms with van der Waals surface area (Å²) in [4.78, 5) is 17.1. The molecule has 0 atom stereocenters. The quantitative estimate of drug-likeness (QED) is 0.0846. The first-order valence-corrected chi connectivity index (χ1v) is 17.1. The number of benzene rings is 1. The molecular weight excluding hydrogens is 599 g/mol. The number of pyridine rings is 1. The molecule has 0 radical (unpaired) electrons. The fraction of sp³-hybridized carbons (Fsp3) is 0.370. The molecule has 0 saturated heterocycles. The van der Waals surface area contributed by atoms with Gasteiger partial charge in [-0.05, 0) is 60.7 Å². The maximum atomic E-state index is 12.4. The van der Waals surface area contributed by atoms with Crippen LogP contribution in [-0.2, 0) is 23.3 Å². The van der Waals surface area contributed by atoms with Crippen LogP contribution in [0.15, 0.2) is 42.9 Å². The minimum atomic E-state index is -1.21. The van der Waals surface area contributed by atoms with Crippen molar-refractivity contribution in [3.8, 4) is 22.8 Å². The van der Waals surface area contributed by atoms with Crippen molar-refractivity contribution in [2.45, 2.75) is 46.3 Å². The monoisotopic (exact) mass is 632 g/mol. The van der Waals surface area contributed by atoms with Gasteiger partial charge in [-0.3, -0.25) is 4.68 Å². The molecule has 0 unspecified atom stereocenters. The summed E-state index contributed by atoms with van der Waals surface area (Å²) >= 11 is 2.35. The Balaban J connectivity index is 1.77. The van der Waals surface area contributed by atoms with Crippen LogP contribution in [-0.4, -0.2) is 46.6 Å². The van der Waals surface area contributed by atoms with Crippen LogP contribution in [0.3, 0.4) is 0 Å². The maximum Gasteiger partial charge on any atom is 0.338 e. The Kier molecular flexibility index (Phi) is 8.39. The SMILES string of the molecule is CCOC(=O)c1cccc(Oc2ccnc3c2c(I)c(-c2cnn(C)c2)n3COCC[Si](C)(C)C)c1C. The van der Waals surface area contributed by atoms with Gasteiger partial charge in [0.25, 0.3) is 0 Å². The van der Waals surface area contributed by atoms with Crippen molar-refractivity contribution < 1.29 is 19.0 Å². The molecule has 3 aromatic heterocycles. The van der Waals surface area contributed by atoms with Crippen molar-refractivity contribution in [1.82, 2.24) is 19.3 Å². The van der Waals surface area contributed by atoms with Gasteiger partial charge in [-0.25, -0.2) is 9.78 Å². The lowest BCUT2D eigenvalue weighted by Crippen LogP contribution is -2.22. The number of carbonyl (C=O) groups is 1. The van der Waals surface area contributed by atoms with Crippen LogP contribution in [0.5, 0.6) is 11.5 Å². The third-order valence-corrected chi connectivity index (χ3v) is 8.79. The third kappa shape index (κ3) is 6.07. The van der Waals surface area contributed by atoms with Gasteiger partial charge in [0.1, 0.15) is 23.9 Å². The first-order valence-electron chi connectivity index (χ1n) is 12.3. The van der Waals surface area contributed by atoms with Gasteiger partial charge in [-0.15, -0.1) is 0 Å². The first kappa shape index (κ1) is 27.3. The maximum absolute atomic E-state index is 12.4. The largest absolute Gasteiger partial charge is 0.462 e. The molecule has 4 aromatic rings. The van der Waals surface area contributed by atoms with Gasteiger partial charge in [0.15, 0.2) is 0 Å². The zero-order valence-electron chi connectivity index (χ0n) is 22.2. The highest BCUT2D eigenvalue weighted by Gasteiger charge is 2.24. The van der Waals surface area contributed by atoms with E-state index in [-0.39, 0.29) is 5.97 Å². The number of halogens is 1. The van der Waals surface area contributed by atoms with E-state index in [2.05, 4.69) is 51.9 Å². The molecular formula is C27H33IN4O4Si. The second-order valence-electron chi connectivity index (χ2n) is 10.1. The summed E-state index contributed by atoms with van der Waals surface area (Å²) in [6.45, 7) is 12.1. The van der Waals surface area contributed by atoms with Gasteiger partial charge >= 0.3 is 5.97 Å². The minimum Gasteiger partial charge on any atom is -0.462 e. The summed E-state index contributed by atoms with van der Waals surface area (Å²) in [7, 11) is 0.691. The number of esters is 1. The van der Waals surface area contributed by atoms with Crippen molar-refractivity contribution in [2.75, 3.05) is 13.2 Å². The Morgan fingerprint density at radius 3 is 2.62 bits per heavy atom. The number of rotatable bonds is 10. The van der Waals surface area contributed by atoms with E-state index in [4.69, 9.17) is 19.2 Å². The second kappa shape index (κ2) is 11.4. The summed E-state index contributed by atoms with van der Waals surface area (Å²) in [5.74, 6) is 0.890. The zero-order chi connectivity index (χ0) is 26.7. The topological polar surface area (TPSA) is 80.4 Å². The molecule has 3 heterocycles. The van der Waals surface area contributed by atoms with Gasteiger partial charge in [0.05, 0.1) is 33.0 Å². The number of carbonyl (C=O) groups excluding carboxylic acids is 1.